The van der Waals surface area contributed by atoms with Gasteiger partial charge in [0, 0.05) is 18.4 Å². The number of ether oxygens (including phenoxy) is 1. The van der Waals surface area contributed by atoms with Crippen LogP contribution in [0.1, 0.15) is 25.3 Å². The molecule has 0 heterocycles. The minimum atomic E-state index is -0.408. The van der Waals surface area contributed by atoms with Crippen molar-refractivity contribution in [3.05, 3.63) is 33.9 Å². The number of hydrogen-bond donors (Lipinski definition) is 1. The van der Waals surface area contributed by atoms with Crippen LogP contribution >= 0.6 is 11.8 Å². The number of aliphatic hydroxyl groups is 1. The minimum absolute atomic E-state index is 0.0518. The van der Waals surface area contributed by atoms with E-state index in [1.54, 1.807) is 17.8 Å². The molecule has 0 aliphatic rings. The number of non-ortho nitro benzene ring substituents is 1. The van der Waals surface area contributed by atoms with Gasteiger partial charge < -0.3 is 9.84 Å². The predicted octanol–water partition coefficient (Wildman–Crippen LogP) is 3.00. The quantitative estimate of drug-likeness (QED) is 0.587. The number of thioether (sulfide) groups is 1. The Bertz CT molecular complexity index is 425. The molecule has 0 spiro atoms. The smallest absolute Gasteiger partial charge is 0.273 e. The third-order valence-electron chi connectivity index (χ3n) is 2.58. The Hall–Kier alpha value is -1.27. The van der Waals surface area contributed by atoms with Gasteiger partial charge in [-0.25, -0.2) is 0 Å². The first kappa shape index (κ1) is 15.8. The maximum absolute atomic E-state index is 10.9. The van der Waals surface area contributed by atoms with E-state index < -0.39 is 4.92 Å². The normalized spacial score (nSPS) is 12.2. The molecule has 0 radical (unpaired) electrons. The molecule has 0 aromatic heterocycles. The number of benzene rings is 1. The van der Waals surface area contributed by atoms with Crippen LogP contribution in [-0.4, -0.2) is 29.0 Å². The fourth-order valence-electron chi connectivity index (χ4n) is 1.74. The summed E-state index contributed by atoms with van der Waals surface area (Å²) in [6.45, 7) is 2.02. The molecule has 19 heavy (non-hydrogen) atoms. The Morgan fingerprint density at radius 1 is 1.47 bits per heavy atom. The second-order valence-corrected chi connectivity index (χ2v) is 5.19. The molecular weight excluding hydrogens is 266 g/mol. The molecule has 106 valence electrons. The topological polar surface area (TPSA) is 72.6 Å². The summed E-state index contributed by atoms with van der Waals surface area (Å²) in [5.41, 5.74) is 0.932. The Balaban J connectivity index is 2.83. The van der Waals surface area contributed by atoms with Crippen LogP contribution in [0.2, 0.25) is 0 Å². The fourth-order valence-corrected chi connectivity index (χ4v) is 2.24. The first-order valence-corrected chi connectivity index (χ1v) is 7.51. The molecule has 0 bridgehead atoms. The van der Waals surface area contributed by atoms with E-state index in [2.05, 4.69) is 0 Å². The van der Waals surface area contributed by atoms with E-state index in [0.717, 1.165) is 12.0 Å². The van der Waals surface area contributed by atoms with E-state index in [1.165, 1.54) is 6.07 Å². The van der Waals surface area contributed by atoms with Gasteiger partial charge in [0.2, 0.25) is 0 Å². The fraction of sp³-hybridized carbons (Fsp3) is 0.538. The van der Waals surface area contributed by atoms with Crippen molar-refractivity contribution >= 4 is 17.4 Å². The van der Waals surface area contributed by atoms with Gasteiger partial charge in [-0.1, -0.05) is 0 Å². The van der Waals surface area contributed by atoms with Crippen LogP contribution in [0.3, 0.4) is 0 Å². The van der Waals surface area contributed by atoms with Crippen molar-refractivity contribution in [3.63, 3.8) is 0 Å². The van der Waals surface area contributed by atoms with Crippen molar-refractivity contribution < 1.29 is 14.8 Å². The van der Waals surface area contributed by atoms with E-state index in [0.29, 0.717) is 17.9 Å². The molecule has 1 aromatic rings. The van der Waals surface area contributed by atoms with E-state index in [1.807, 2.05) is 19.2 Å². The van der Waals surface area contributed by atoms with E-state index in [-0.39, 0.29) is 18.4 Å². The van der Waals surface area contributed by atoms with Crippen LogP contribution in [0.4, 0.5) is 5.69 Å². The number of hydrogen-bond acceptors (Lipinski definition) is 5. The van der Waals surface area contributed by atoms with Crippen LogP contribution in [0, 0.1) is 10.1 Å². The molecule has 1 N–H and O–H groups in total. The lowest BCUT2D eigenvalue weighted by atomic mass is 10.2. The number of nitro groups is 1. The summed E-state index contributed by atoms with van der Waals surface area (Å²) in [4.78, 5) is 10.5. The monoisotopic (exact) mass is 285 g/mol. The lowest BCUT2D eigenvalue weighted by Crippen LogP contribution is -2.12. The van der Waals surface area contributed by atoms with Gasteiger partial charge >= 0.3 is 0 Å². The summed E-state index contributed by atoms with van der Waals surface area (Å²) in [5.74, 6) is 1.23. The van der Waals surface area contributed by atoms with Crippen molar-refractivity contribution in [3.8, 4) is 5.75 Å². The highest BCUT2D eigenvalue weighted by Gasteiger charge is 2.12. The van der Waals surface area contributed by atoms with Gasteiger partial charge in [-0.05, 0) is 37.7 Å². The third-order valence-corrected chi connectivity index (χ3v) is 3.20. The molecular formula is C13H19NO4S. The van der Waals surface area contributed by atoms with E-state index in [4.69, 9.17) is 9.84 Å². The number of rotatable bonds is 8. The van der Waals surface area contributed by atoms with Crippen molar-refractivity contribution in [2.24, 2.45) is 0 Å². The van der Waals surface area contributed by atoms with Crippen LogP contribution in [0.15, 0.2) is 18.2 Å². The van der Waals surface area contributed by atoms with Crippen molar-refractivity contribution in [2.75, 3.05) is 12.9 Å². The highest BCUT2D eigenvalue weighted by atomic mass is 32.2. The Kier molecular flexibility index (Phi) is 6.66. The maximum atomic E-state index is 10.9. The summed E-state index contributed by atoms with van der Waals surface area (Å²) in [7, 11) is 0. The first-order valence-electron chi connectivity index (χ1n) is 6.11. The minimum Gasteiger partial charge on any atom is -0.490 e. The molecule has 0 amide bonds. The molecule has 1 rings (SSSR count). The average molecular weight is 285 g/mol. The molecule has 0 aliphatic heterocycles. The van der Waals surface area contributed by atoms with Crippen LogP contribution in [-0.2, 0) is 5.75 Å². The standard InChI is InChI=1S/C13H19NO4S/c1-10(4-3-5-15)18-13-7-11(9-19-2)6-12(8-13)14(16)17/h6-8,10,15H,3-5,9H2,1-2H3. The van der Waals surface area contributed by atoms with Crippen LogP contribution < -0.4 is 4.74 Å². The summed E-state index contributed by atoms with van der Waals surface area (Å²) < 4.78 is 5.67. The summed E-state index contributed by atoms with van der Waals surface area (Å²) in [5, 5.41) is 19.6. The molecule has 5 nitrogen and oxygen atoms in total. The molecule has 1 unspecified atom stereocenters. The number of aliphatic hydroxyl groups excluding tert-OH is 1. The van der Waals surface area contributed by atoms with Crippen molar-refractivity contribution in [2.45, 2.75) is 31.6 Å². The van der Waals surface area contributed by atoms with Gasteiger partial charge in [0.25, 0.3) is 5.69 Å². The summed E-state index contributed by atoms with van der Waals surface area (Å²) >= 11 is 1.61. The van der Waals surface area contributed by atoms with E-state index >= 15 is 0 Å². The molecule has 0 fully saturated rings. The average Bonchev–Trinajstić information content (AvgIpc) is 2.36. The predicted molar refractivity (Wildman–Crippen MR) is 76.7 cm³/mol. The highest BCUT2D eigenvalue weighted by molar-refractivity contribution is 7.97. The summed E-state index contributed by atoms with van der Waals surface area (Å²) in [6, 6.07) is 4.85. The van der Waals surface area contributed by atoms with Crippen molar-refractivity contribution in [1.82, 2.24) is 0 Å². The van der Waals surface area contributed by atoms with Gasteiger partial charge in [0.1, 0.15) is 5.75 Å². The van der Waals surface area contributed by atoms with Gasteiger partial charge in [-0.3, -0.25) is 10.1 Å². The lowest BCUT2D eigenvalue weighted by Gasteiger charge is -2.14. The zero-order chi connectivity index (χ0) is 14.3. The Labute approximate surface area is 117 Å². The Morgan fingerprint density at radius 3 is 2.79 bits per heavy atom. The summed E-state index contributed by atoms with van der Waals surface area (Å²) in [6.07, 6.45) is 3.25. The lowest BCUT2D eigenvalue weighted by molar-refractivity contribution is -0.385. The van der Waals surface area contributed by atoms with Gasteiger partial charge in [-0.2, -0.15) is 11.8 Å². The first-order chi connectivity index (χ1) is 9.06. The second-order valence-electron chi connectivity index (χ2n) is 4.32. The van der Waals surface area contributed by atoms with Crippen molar-refractivity contribution in [1.29, 1.82) is 0 Å². The zero-order valence-corrected chi connectivity index (χ0v) is 12.0. The van der Waals surface area contributed by atoms with Gasteiger partial charge in [0.05, 0.1) is 17.1 Å². The number of nitro benzene ring substituents is 1. The molecule has 1 atom stereocenters. The second kappa shape index (κ2) is 8.01. The largest absolute Gasteiger partial charge is 0.490 e. The van der Waals surface area contributed by atoms with Crippen LogP contribution in [0.25, 0.3) is 0 Å². The maximum Gasteiger partial charge on any atom is 0.273 e. The molecule has 0 aliphatic carbocycles. The number of nitrogens with zero attached hydrogens (tertiary/aromatic N) is 1. The van der Waals surface area contributed by atoms with E-state index in [9.17, 15) is 10.1 Å². The molecule has 6 heteroatoms. The molecule has 0 saturated carbocycles. The van der Waals surface area contributed by atoms with Crippen LogP contribution in [0.5, 0.6) is 5.75 Å². The molecule has 1 aromatic carbocycles. The SMILES string of the molecule is CSCc1cc(OC(C)CCCO)cc([N+](=O)[O-])c1. The Morgan fingerprint density at radius 2 is 2.21 bits per heavy atom. The van der Waals surface area contributed by atoms with Gasteiger partial charge in [-0.15, -0.1) is 0 Å². The molecule has 0 saturated heterocycles. The third kappa shape index (κ3) is 5.48. The zero-order valence-electron chi connectivity index (χ0n) is 11.2. The van der Waals surface area contributed by atoms with Gasteiger partial charge in [0.15, 0.2) is 0 Å². The highest BCUT2D eigenvalue weighted by Crippen LogP contribution is 2.26.